The number of hydrogen-bond acceptors (Lipinski definition) is 2. The first kappa shape index (κ1) is 22.7. The van der Waals surface area contributed by atoms with Crippen LogP contribution in [0.1, 0.15) is 58.8 Å². The number of benzene rings is 2. The van der Waals surface area contributed by atoms with E-state index < -0.39 is 5.92 Å². The van der Waals surface area contributed by atoms with Gasteiger partial charge in [0, 0.05) is 11.4 Å². The van der Waals surface area contributed by atoms with Gasteiger partial charge in [0.2, 0.25) is 11.8 Å². The van der Waals surface area contributed by atoms with Crippen LogP contribution in [0.15, 0.2) is 60.7 Å². The lowest BCUT2D eigenvalue weighted by Gasteiger charge is -2.23. The summed E-state index contributed by atoms with van der Waals surface area (Å²) in [7, 11) is 0. The number of carbonyl (C=O) groups excluding carboxylic acids is 2. The van der Waals surface area contributed by atoms with Gasteiger partial charge in [-0.2, -0.15) is 0 Å². The predicted octanol–water partition coefficient (Wildman–Crippen LogP) is 6.27. The van der Waals surface area contributed by atoms with Crippen LogP contribution in [-0.4, -0.2) is 11.8 Å². The van der Waals surface area contributed by atoms with E-state index in [1.165, 1.54) is 25.7 Å². The molecule has 2 N–H and O–H groups in total. The van der Waals surface area contributed by atoms with E-state index in [1.54, 1.807) is 0 Å². The van der Waals surface area contributed by atoms with Crippen molar-refractivity contribution in [3.63, 3.8) is 0 Å². The molecular formula is C25H34N2O2. The van der Waals surface area contributed by atoms with Gasteiger partial charge in [0.1, 0.15) is 5.92 Å². The molecule has 2 rings (SSSR count). The fraction of sp³-hybridized carbons (Fsp3) is 0.440. The van der Waals surface area contributed by atoms with Gasteiger partial charge in [-0.05, 0) is 36.6 Å². The van der Waals surface area contributed by atoms with Crippen molar-refractivity contribution in [2.24, 2.45) is 11.8 Å². The molecule has 2 aromatic carbocycles. The molecule has 4 heteroatoms. The van der Waals surface area contributed by atoms with Gasteiger partial charge in [-0.1, -0.05) is 88.8 Å². The Kier molecular flexibility index (Phi) is 9.98. The van der Waals surface area contributed by atoms with Crippen molar-refractivity contribution in [2.45, 2.75) is 58.8 Å². The van der Waals surface area contributed by atoms with Crippen LogP contribution >= 0.6 is 0 Å². The van der Waals surface area contributed by atoms with Crippen LogP contribution in [0.25, 0.3) is 0 Å². The van der Waals surface area contributed by atoms with Crippen molar-refractivity contribution in [3.05, 3.63) is 60.7 Å². The molecular weight excluding hydrogens is 360 g/mol. The lowest BCUT2D eigenvalue weighted by molar-refractivity contribution is -0.131. The number of nitrogens with one attached hydrogen (secondary N) is 2. The fourth-order valence-corrected chi connectivity index (χ4v) is 3.53. The lowest BCUT2D eigenvalue weighted by Crippen LogP contribution is -2.38. The highest BCUT2D eigenvalue weighted by Gasteiger charge is 2.32. The van der Waals surface area contributed by atoms with E-state index in [4.69, 9.17) is 0 Å². The molecule has 0 saturated carbocycles. The molecule has 0 radical (unpaired) electrons. The van der Waals surface area contributed by atoms with Crippen molar-refractivity contribution >= 4 is 23.2 Å². The van der Waals surface area contributed by atoms with Crippen LogP contribution in [0.5, 0.6) is 0 Å². The highest BCUT2D eigenvalue weighted by molar-refractivity contribution is 6.11. The normalized spacial score (nSPS) is 11.8. The van der Waals surface area contributed by atoms with E-state index >= 15 is 0 Å². The van der Waals surface area contributed by atoms with Crippen molar-refractivity contribution < 1.29 is 9.59 Å². The number of unbranched alkanes of at least 4 members (excludes halogenated alkanes) is 5. The molecule has 2 amide bonds. The van der Waals surface area contributed by atoms with Gasteiger partial charge in [-0.3, -0.25) is 9.59 Å². The van der Waals surface area contributed by atoms with E-state index in [0.717, 1.165) is 19.3 Å². The van der Waals surface area contributed by atoms with Crippen molar-refractivity contribution in [2.75, 3.05) is 10.6 Å². The fourth-order valence-electron chi connectivity index (χ4n) is 3.53. The summed E-state index contributed by atoms with van der Waals surface area (Å²) in [5.41, 5.74) is 1.42. The minimum Gasteiger partial charge on any atom is -0.325 e. The Morgan fingerprint density at radius 2 is 1.17 bits per heavy atom. The van der Waals surface area contributed by atoms with Gasteiger partial charge in [0.25, 0.3) is 0 Å². The Labute approximate surface area is 175 Å². The van der Waals surface area contributed by atoms with Crippen LogP contribution in [0.2, 0.25) is 0 Å². The molecule has 0 bridgehead atoms. The summed E-state index contributed by atoms with van der Waals surface area (Å²) in [6, 6.07) is 18.6. The number of para-hydroxylation sites is 2. The predicted molar refractivity (Wildman–Crippen MR) is 121 cm³/mol. The maximum Gasteiger partial charge on any atom is 0.237 e. The molecule has 1 unspecified atom stereocenters. The Balaban J connectivity index is 2.01. The summed E-state index contributed by atoms with van der Waals surface area (Å²) in [4.78, 5) is 26.0. The minimum absolute atomic E-state index is 0.0337. The van der Waals surface area contributed by atoms with Crippen molar-refractivity contribution in [1.82, 2.24) is 0 Å². The number of hydrogen-bond donors (Lipinski definition) is 2. The van der Waals surface area contributed by atoms with Gasteiger partial charge in [0.05, 0.1) is 0 Å². The summed E-state index contributed by atoms with van der Waals surface area (Å²) in [6.07, 6.45) is 8.04. The first-order valence-electron chi connectivity index (χ1n) is 10.8. The minimum atomic E-state index is -0.731. The molecule has 0 fully saturated rings. The van der Waals surface area contributed by atoms with Gasteiger partial charge in [-0.25, -0.2) is 0 Å². The average Bonchev–Trinajstić information content (AvgIpc) is 2.72. The second-order valence-electron chi connectivity index (χ2n) is 7.72. The monoisotopic (exact) mass is 394 g/mol. The first-order chi connectivity index (χ1) is 14.1. The number of anilines is 2. The Bertz CT molecular complexity index is 678. The number of carbonyl (C=O) groups is 2. The average molecular weight is 395 g/mol. The SMILES string of the molecule is CCCCCCCCC(C)C(C(=O)Nc1ccccc1)C(=O)Nc1ccccc1. The molecule has 156 valence electrons. The second kappa shape index (κ2) is 12.8. The molecule has 1 atom stereocenters. The highest BCUT2D eigenvalue weighted by atomic mass is 16.2. The standard InChI is InChI=1S/C25H34N2O2/c1-3-4-5-6-7-10-15-20(2)23(24(28)26-21-16-11-8-12-17-21)25(29)27-22-18-13-9-14-19-22/h8-9,11-14,16-20,23H,3-7,10,15H2,1-2H3,(H,26,28)(H,27,29). The zero-order valence-electron chi connectivity index (χ0n) is 17.7. The number of amides is 2. The number of rotatable bonds is 12. The molecule has 0 aliphatic carbocycles. The zero-order chi connectivity index (χ0) is 20.9. The second-order valence-corrected chi connectivity index (χ2v) is 7.72. The maximum atomic E-state index is 13.0. The summed E-state index contributed by atoms with van der Waals surface area (Å²) in [5, 5.41) is 5.82. The van der Waals surface area contributed by atoms with Gasteiger partial charge < -0.3 is 10.6 Å². The quantitative estimate of drug-likeness (QED) is 0.329. The van der Waals surface area contributed by atoms with Gasteiger partial charge >= 0.3 is 0 Å². The van der Waals surface area contributed by atoms with Crippen LogP contribution in [-0.2, 0) is 9.59 Å². The van der Waals surface area contributed by atoms with E-state index in [2.05, 4.69) is 17.6 Å². The van der Waals surface area contributed by atoms with Crippen LogP contribution in [0.3, 0.4) is 0 Å². The van der Waals surface area contributed by atoms with Crippen molar-refractivity contribution in [3.8, 4) is 0 Å². The third-order valence-corrected chi connectivity index (χ3v) is 5.23. The Hall–Kier alpha value is -2.62. The third kappa shape index (κ3) is 8.10. The van der Waals surface area contributed by atoms with E-state index in [9.17, 15) is 9.59 Å². The summed E-state index contributed by atoms with van der Waals surface area (Å²) < 4.78 is 0. The van der Waals surface area contributed by atoms with E-state index in [1.807, 2.05) is 67.6 Å². The Morgan fingerprint density at radius 1 is 0.724 bits per heavy atom. The largest absolute Gasteiger partial charge is 0.325 e. The lowest BCUT2D eigenvalue weighted by atomic mass is 9.87. The smallest absolute Gasteiger partial charge is 0.237 e. The van der Waals surface area contributed by atoms with E-state index in [-0.39, 0.29) is 17.7 Å². The molecule has 0 saturated heterocycles. The molecule has 4 nitrogen and oxygen atoms in total. The molecule has 0 spiro atoms. The van der Waals surface area contributed by atoms with Crippen LogP contribution < -0.4 is 10.6 Å². The van der Waals surface area contributed by atoms with E-state index in [0.29, 0.717) is 11.4 Å². The van der Waals surface area contributed by atoms with Crippen molar-refractivity contribution in [1.29, 1.82) is 0 Å². The summed E-state index contributed by atoms with van der Waals surface area (Å²) in [5.74, 6) is -1.26. The highest BCUT2D eigenvalue weighted by Crippen LogP contribution is 2.23. The topological polar surface area (TPSA) is 58.2 Å². The summed E-state index contributed by atoms with van der Waals surface area (Å²) >= 11 is 0. The van der Waals surface area contributed by atoms with Crippen LogP contribution in [0.4, 0.5) is 11.4 Å². The summed E-state index contributed by atoms with van der Waals surface area (Å²) in [6.45, 7) is 4.22. The molecule has 0 aromatic heterocycles. The third-order valence-electron chi connectivity index (χ3n) is 5.23. The molecule has 29 heavy (non-hydrogen) atoms. The molecule has 0 aliphatic rings. The Morgan fingerprint density at radius 3 is 1.66 bits per heavy atom. The molecule has 0 aliphatic heterocycles. The zero-order valence-corrected chi connectivity index (χ0v) is 17.7. The van der Waals surface area contributed by atoms with Gasteiger partial charge in [0.15, 0.2) is 0 Å². The van der Waals surface area contributed by atoms with Gasteiger partial charge in [-0.15, -0.1) is 0 Å². The first-order valence-corrected chi connectivity index (χ1v) is 10.8. The molecule has 0 heterocycles. The maximum absolute atomic E-state index is 13.0. The molecule has 2 aromatic rings. The van der Waals surface area contributed by atoms with Crippen LogP contribution in [0, 0.1) is 11.8 Å².